The predicted molar refractivity (Wildman–Crippen MR) is 64.5 cm³/mol. The summed E-state index contributed by atoms with van der Waals surface area (Å²) in [5.74, 6) is 1.08. The van der Waals surface area contributed by atoms with Gasteiger partial charge in [-0.3, -0.25) is 0 Å². The molecule has 2 rings (SSSR count). The lowest BCUT2D eigenvalue weighted by Gasteiger charge is -2.01. The van der Waals surface area contributed by atoms with Crippen LogP contribution in [0.1, 0.15) is 24.7 Å². The van der Waals surface area contributed by atoms with Crippen molar-refractivity contribution in [2.45, 2.75) is 19.8 Å². The van der Waals surface area contributed by atoms with E-state index in [1.165, 1.54) is 0 Å². The van der Waals surface area contributed by atoms with E-state index in [1.54, 1.807) is 22.9 Å². The lowest BCUT2D eigenvalue weighted by molar-refractivity contribution is 0.801. The second-order valence-corrected chi connectivity index (χ2v) is 3.71. The molecule has 0 aliphatic carbocycles. The van der Waals surface area contributed by atoms with Crippen molar-refractivity contribution in [1.82, 2.24) is 14.8 Å². The summed E-state index contributed by atoms with van der Waals surface area (Å²) in [4.78, 5) is 4.18. The van der Waals surface area contributed by atoms with E-state index in [-0.39, 0.29) is 0 Å². The number of hydrogen-bond acceptors (Lipinski definition) is 4. The Hall–Kier alpha value is -2.35. The topological polar surface area (TPSA) is 80.5 Å². The van der Waals surface area contributed by atoms with Crippen LogP contribution in [0.3, 0.4) is 0 Å². The Morgan fingerprint density at radius 1 is 1.47 bits per heavy atom. The molecule has 1 aromatic carbocycles. The Bertz CT molecular complexity index is 565. The molecular formula is C12H13N5. The lowest BCUT2D eigenvalue weighted by Crippen LogP contribution is -2.02. The van der Waals surface area contributed by atoms with Crippen LogP contribution in [0.15, 0.2) is 24.3 Å². The molecule has 0 amide bonds. The van der Waals surface area contributed by atoms with E-state index in [1.807, 2.05) is 6.07 Å². The molecular weight excluding hydrogens is 214 g/mol. The van der Waals surface area contributed by atoms with Gasteiger partial charge in [0, 0.05) is 6.42 Å². The summed E-state index contributed by atoms with van der Waals surface area (Å²) in [5, 5.41) is 13.2. The van der Waals surface area contributed by atoms with Gasteiger partial charge in [-0.05, 0) is 24.6 Å². The minimum Gasteiger partial charge on any atom is -0.368 e. The van der Waals surface area contributed by atoms with Crippen LogP contribution < -0.4 is 5.73 Å². The zero-order valence-electron chi connectivity index (χ0n) is 9.59. The maximum absolute atomic E-state index is 8.84. The third kappa shape index (κ3) is 2.26. The summed E-state index contributed by atoms with van der Waals surface area (Å²) in [6.07, 6.45) is 1.77. The maximum atomic E-state index is 8.84. The normalized spacial score (nSPS) is 10.1. The molecule has 0 aliphatic rings. The van der Waals surface area contributed by atoms with Crippen molar-refractivity contribution in [3.8, 4) is 11.8 Å². The fourth-order valence-corrected chi connectivity index (χ4v) is 1.60. The number of nitriles is 1. The van der Waals surface area contributed by atoms with E-state index in [0.29, 0.717) is 11.5 Å². The molecule has 5 nitrogen and oxygen atoms in total. The van der Waals surface area contributed by atoms with Crippen LogP contribution in [0.5, 0.6) is 0 Å². The van der Waals surface area contributed by atoms with Gasteiger partial charge in [-0.2, -0.15) is 14.9 Å². The molecule has 1 heterocycles. The number of benzene rings is 1. The van der Waals surface area contributed by atoms with Crippen LogP contribution in [0.4, 0.5) is 5.95 Å². The monoisotopic (exact) mass is 227 g/mol. The first kappa shape index (κ1) is 11.1. The minimum atomic E-state index is 0.350. The first-order chi connectivity index (χ1) is 8.24. The van der Waals surface area contributed by atoms with Crippen molar-refractivity contribution in [1.29, 1.82) is 5.26 Å². The molecule has 0 fully saturated rings. The van der Waals surface area contributed by atoms with E-state index in [4.69, 9.17) is 11.0 Å². The van der Waals surface area contributed by atoms with Gasteiger partial charge in [0.25, 0.3) is 0 Å². The van der Waals surface area contributed by atoms with Gasteiger partial charge in [-0.1, -0.05) is 13.0 Å². The molecule has 0 radical (unpaired) electrons. The molecule has 86 valence electrons. The van der Waals surface area contributed by atoms with Gasteiger partial charge in [0.1, 0.15) is 0 Å². The average Bonchev–Trinajstić information content (AvgIpc) is 2.71. The highest BCUT2D eigenvalue weighted by Crippen LogP contribution is 2.13. The molecule has 2 aromatic rings. The Morgan fingerprint density at radius 3 is 3.00 bits per heavy atom. The number of nitrogens with two attached hydrogens (primary N) is 1. The standard InChI is InChI=1S/C12H13N5/c1-2-4-11-15-12(14)17(16-11)10-6-3-5-9(7-10)8-13/h3,5-7H,2,4H2,1H3,(H2,14,15,16). The molecule has 17 heavy (non-hydrogen) atoms. The smallest absolute Gasteiger partial charge is 0.223 e. The molecule has 5 heteroatoms. The molecule has 1 aromatic heterocycles. The maximum Gasteiger partial charge on any atom is 0.223 e. The first-order valence-corrected chi connectivity index (χ1v) is 5.46. The SMILES string of the molecule is CCCc1nc(N)n(-c2cccc(C#N)c2)n1. The third-order valence-corrected chi connectivity index (χ3v) is 2.37. The van der Waals surface area contributed by atoms with Crippen LogP contribution in [-0.2, 0) is 6.42 Å². The molecule has 0 saturated carbocycles. The van der Waals surface area contributed by atoms with E-state index < -0.39 is 0 Å². The highest BCUT2D eigenvalue weighted by atomic mass is 15.4. The van der Waals surface area contributed by atoms with Crippen molar-refractivity contribution in [2.75, 3.05) is 5.73 Å². The number of nitrogen functional groups attached to an aromatic ring is 1. The largest absolute Gasteiger partial charge is 0.368 e. The summed E-state index contributed by atoms with van der Waals surface area (Å²) in [7, 11) is 0. The average molecular weight is 227 g/mol. The minimum absolute atomic E-state index is 0.350. The van der Waals surface area contributed by atoms with Gasteiger partial charge in [-0.15, -0.1) is 5.10 Å². The van der Waals surface area contributed by atoms with Crippen LogP contribution in [0.25, 0.3) is 5.69 Å². The third-order valence-electron chi connectivity index (χ3n) is 2.37. The Labute approximate surface area is 99.5 Å². The van der Waals surface area contributed by atoms with Crippen molar-refractivity contribution in [2.24, 2.45) is 0 Å². The summed E-state index contributed by atoms with van der Waals surface area (Å²) in [5.41, 5.74) is 7.14. The number of nitrogens with zero attached hydrogens (tertiary/aromatic N) is 4. The molecule has 0 atom stereocenters. The molecule has 0 spiro atoms. The summed E-state index contributed by atoms with van der Waals surface area (Å²) < 4.78 is 1.56. The first-order valence-electron chi connectivity index (χ1n) is 5.46. The van der Waals surface area contributed by atoms with Gasteiger partial charge >= 0.3 is 0 Å². The summed E-state index contributed by atoms with van der Waals surface area (Å²) in [6, 6.07) is 9.21. The quantitative estimate of drug-likeness (QED) is 0.864. The predicted octanol–water partition coefficient (Wildman–Crippen LogP) is 1.67. The molecule has 2 N–H and O–H groups in total. The number of aromatic nitrogens is 3. The summed E-state index contributed by atoms with van der Waals surface area (Å²) in [6.45, 7) is 2.06. The van der Waals surface area contributed by atoms with Gasteiger partial charge in [-0.25, -0.2) is 0 Å². The van der Waals surface area contributed by atoms with E-state index in [9.17, 15) is 0 Å². The van der Waals surface area contributed by atoms with Crippen molar-refractivity contribution < 1.29 is 0 Å². The fraction of sp³-hybridized carbons (Fsp3) is 0.250. The van der Waals surface area contributed by atoms with Crippen molar-refractivity contribution in [3.63, 3.8) is 0 Å². The second-order valence-electron chi connectivity index (χ2n) is 3.71. The van der Waals surface area contributed by atoms with Crippen molar-refractivity contribution >= 4 is 5.95 Å². The Kier molecular flexibility index (Phi) is 3.06. The van der Waals surface area contributed by atoms with E-state index in [2.05, 4.69) is 23.1 Å². The highest BCUT2D eigenvalue weighted by molar-refractivity contribution is 5.43. The number of rotatable bonds is 3. The number of anilines is 1. The zero-order valence-corrected chi connectivity index (χ0v) is 9.59. The number of aryl methyl sites for hydroxylation is 1. The van der Waals surface area contributed by atoms with E-state index >= 15 is 0 Å². The second kappa shape index (κ2) is 4.66. The Balaban J connectivity index is 2.42. The fourth-order valence-electron chi connectivity index (χ4n) is 1.60. The molecule has 0 saturated heterocycles. The van der Waals surface area contributed by atoms with Crippen LogP contribution >= 0.6 is 0 Å². The van der Waals surface area contributed by atoms with Crippen molar-refractivity contribution in [3.05, 3.63) is 35.7 Å². The Morgan fingerprint density at radius 2 is 2.29 bits per heavy atom. The van der Waals surface area contributed by atoms with Gasteiger partial charge < -0.3 is 5.73 Å². The van der Waals surface area contributed by atoms with Gasteiger partial charge in [0.05, 0.1) is 17.3 Å². The van der Waals surface area contributed by atoms with E-state index in [0.717, 1.165) is 24.4 Å². The lowest BCUT2D eigenvalue weighted by atomic mass is 10.2. The molecule has 0 aliphatic heterocycles. The van der Waals surface area contributed by atoms with Crippen LogP contribution in [0.2, 0.25) is 0 Å². The summed E-state index contributed by atoms with van der Waals surface area (Å²) >= 11 is 0. The van der Waals surface area contributed by atoms with Crippen LogP contribution in [-0.4, -0.2) is 14.8 Å². The number of hydrogen-bond donors (Lipinski definition) is 1. The van der Waals surface area contributed by atoms with Gasteiger partial charge in [0.15, 0.2) is 5.82 Å². The molecule has 0 bridgehead atoms. The molecule has 0 unspecified atom stereocenters. The highest BCUT2D eigenvalue weighted by Gasteiger charge is 2.08. The zero-order chi connectivity index (χ0) is 12.3. The van der Waals surface area contributed by atoms with Gasteiger partial charge in [0.2, 0.25) is 5.95 Å². The van der Waals surface area contributed by atoms with Crippen LogP contribution in [0, 0.1) is 11.3 Å².